The molecule has 0 amide bonds. The fourth-order valence-electron chi connectivity index (χ4n) is 2.09. The number of carbonyl (C=O) groups excluding carboxylic acids is 2. The zero-order chi connectivity index (χ0) is 15.2. The van der Waals surface area contributed by atoms with Crippen molar-refractivity contribution in [1.82, 2.24) is 0 Å². The van der Waals surface area contributed by atoms with Gasteiger partial charge in [0.15, 0.2) is 0 Å². The third kappa shape index (κ3) is 2.45. The van der Waals surface area contributed by atoms with Crippen molar-refractivity contribution < 1.29 is 23.8 Å². The molecule has 6 heteroatoms. The predicted molar refractivity (Wildman–Crippen MR) is 69.3 cm³/mol. The number of methoxy groups -OCH3 is 1. The minimum absolute atomic E-state index is 0.0521. The van der Waals surface area contributed by atoms with Crippen molar-refractivity contribution >= 4 is 11.9 Å². The first-order chi connectivity index (χ1) is 9.59. The fraction of sp³-hybridized carbons (Fsp3) is 0.500. The van der Waals surface area contributed by atoms with Gasteiger partial charge in [0.25, 0.3) is 0 Å². The van der Waals surface area contributed by atoms with Gasteiger partial charge in [-0.3, -0.25) is 9.59 Å². The van der Waals surface area contributed by atoms with Crippen LogP contribution in [0.5, 0.6) is 0 Å². The molecule has 0 aromatic rings. The third-order valence-corrected chi connectivity index (χ3v) is 2.97. The Morgan fingerprint density at radius 3 is 2.25 bits per heavy atom. The second-order valence-electron chi connectivity index (χ2n) is 3.98. The normalized spacial score (nSPS) is 19.7. The molecule has 0 heterocycles. The van der Waals surface area contributed by atoms with E-state index in [-0.39, 0.29) is 18.8 Å². The van der Waals surface area contributed by atoms with Gasteiger partial charge >= 0.3 is 11.9 Å². The van der Waals surface area contributed by atoms with Crippen molar-refractivity contribution in [2.45, 2.75) is 20.0 Å². The molecular weight excluding hydrogens is 262 g/mol. The molecule has 1 aliphatic rings. The minimum Gasteiger partial charge on any atom is -0.465 e. The van der Waals surface area contributed by atoms with E-state index in [2.05, 4.69) is 0 Å². The maximum absolute atomic E-state index is 12.3. The average molecular weight is 279 g/mol. The van der Waals surface area contributed by atoms with Crippen molar-refractivity contribution in [1.29, 1.82) is 5.26 Å². The lowest BCUT2D eigenvalue weighted by Crippen LogP contribution is -2.53. The molecule has 20 heavy (non-hydrogen) atoms. The number of nitrogens with zero attached hydrogens (tertiary/aromatic N) is 1. The lowest BCUT2D eigenvalue weighted by molar-refractivity contribution is -0.175. The highest BCUT2D eigenvalue weighted by atomic mass is 16.6. The van der Waals surface area contributed by atoms with Crippen molar-refractivity contribution in [3.8, 4) is 6.07 Å². The lowest BCUT2D eigenvalue weighted by atomic mass is 9.72. The summed E-state index contributed by atoms with van der Waals surface area (Å²) >= 11 is 0. The number of esters is 2. The molecule has 1 atom stereocenters. The molecule has 1 unspecified atom stereocenters. The van der Waals surface area contributed by atoms with Crippen LogP contribution in [0.1, 0.15) is 13.8 Å². The summed E-state index contributed by atoms with van der Waals surface area (Å²) in [6.45, 7) is 3.40. The standard InChI is InChI=1S/C14H17NO5/c1-4-19-12(16)14(13(17)20-5-2)10(9-15)7-6-8-11(14)18-3/h6-8,11H,4-5H2,1-3H3. The maximum Gasteiger partial charge on any atom is 0.331 e. The molecule has 0 fully saturated rings. The van der Waals surface area contributed by atoms with Crippen LogP contribution >= 0.6 is 0 Å². The topological polar surface area (TPSA) is 85.6 Å². The molecule has 0 aliphatic heterocycles. The minimum atomic E-state index is -1.90. The Kier molecular flexibility index (Phi) is 5.47. The highest BCUT2D eigenvalue weighted by Crippen LogP contribution is 2.39. The molecule has 0 spiro atoms. The van der Waals surface area contributed by atoms with E-state index < -0.39 is 23.5 Å². The van der Waals surface area contributed by atoms with Gasteiger partial charge in [0.1, 0.15) is 6.10 Å². The van der Waals surface area contributed by atoms with Crippen LogP contribution in [0, 0.1) is 16.7 Å². The highest BCUT2D eigenvalue weighted by Gasteiger charge is 2.59. The third-order valence-electron chi connectivity index (χ3n) is 2.97. The summed E-state index contributed by atoms with van der Waals surface area (Å²) in [5.41, 5.74) is -1.95. The molecular formula is C14H17NO5. The van der Waals surface area contributed by atoms with E-state index in [0.29, 0.717) is 0 Å². The van der Waals surface area contributed by atoms with Gasteiger partial charge < -0.3 is 14.2 Å². The van der Waals surface area contributed by atoms with Gasteiger partial charge in [-0.15, -0.1) is 0 Å². The van der Waals surface area contributed by atoms with Crippen molar-refractivity contribution in [3.63, 3.8) is 0 Å². The summed E-state index contributed by atoms with van der Waals surface area (Å²) in [7, 11) is 1.35. The lowest BCUT2D eigenvalue weighted by Gasteiger charge is -2.34. The molecule has 0 N–H and O–H groups in total. The second kappa shape index (κ2) is 6.87. The van der Waals surface area contributed by atoms with Crippen LogP contribution in [0.4, 0.5) is 0 Å². The maximum atomic E-state index is 12.3. The molecule has 0 bridgehead atoms. The molecule has 0 aromatic heterocycles. The van der Waals surface area contributed by atoms with Gasteiger partial charge in [-0.1, -0.05) is 12.2 Å². The smallest absolute Gasteiger partial charge is 0.331 e. The summed E-state index contributed by atoms with van der Waals surface area (Å²) in [4.78, 5) is 24.7. The molecule has 1 rings (SSSR count). The van der Waals surface area contributed by atoms with Crippen molar-refractivity contribution in [2.75, 3.05) is 20.3 Å². The zero-order valence-corrected chi connectivity index (χ0v) is 11.7. The van der Waals surface area contributed by atoms with Crippen molar-refractivity contribution in [2.24, 2.45) is 5.41 Å². The first-order valence-electron chi connectivity index (χ1n) is 6.25. The number of hydrogen-bond acceptors (Lipinski definition) is 6. The fourth-order valence-corrected chi connectivity index (χ4v) is 2.09. The number of carbonyl (C=O) groups is 2. The van der Waals surface area contributed by atoms with Gasteiger partial charge in [-0.25, -0.2) is 0 Å². The number of hydrogen-bond donors (Lipinski definition) is 0. The second-order valence-corrected chi connectivity index (χ2v) is 3.98. The Bertz CT molecular complexity index is 468. The van der Waals surface area contributed by atoms with Gasteiger partial charge in [-0.2, -0.15) is 5.26 Å². The van der Waals surface area contributed by atoms with E-state index >= 15 is 0 Å². The number of nitriles is 1. The number of ether oxygens (including phenoxy) is 3. The molecule has 0 saturated carbocycles. The van der Waals surface area contributed by atoms with Crippen molar-refractivity contribution in [3.05, 3.63) is 23.8 Å². The Morgan fingerprint density at radius 1 is 1.30 bits per heavy atom. The summed E-state index contributed by atoms with van der Waals surface area (Å²) in [6.07, 6.45) is 3.53. The van der Waals surface area contributed by atoms with Crippen LogP contribution in [0.3, 0.4) is 0 Å². The molecule has 0 saturated heterocycles. The summed E-state index contributed by atoms with van der Waals surface area (Å²) < 4.78 is 15.1. The van der Waals surface area contributed by atoms with E-state index in [0.717, 1.165) is 0 Å². The zero-order valence-electron chi connectivity index (χ0n) is 11.7. The largest absolute Gasteiger partial charge is 0.465 e. The van der Waals surface area contributed by atoms with E-state index in [1.54, 1.807) is 19.9 Å². The van der Waals surface area contributed by atoms with E-state index in [1.807, 2.05) is 6.07 Å². The predicted octanol–water partition coefficient (Wildman–Crippen LogP) is 1.13. The first kappa shape index (κ1) is 15.9. The van der Waals surface area contributed by atoms with Gasteiger partial charge in [0, 0.05) is 7.11 Å². The average Bonchev–Trinajstić information content (AvgIpc) is 2.46. The molecule has 0 radical (unpaired) electrons. The highest BCUT2D eigenvalue weighted by molar-refractivity contribution is 6.06. The molecule has 6 nitrogen and oxygen atoms in total. The summed E-state index contributed by atoms with van der Waals surface area (Å²) in [6, 6.07) is 1.87. The summed E-state index contributed by atoms with van der Waals surface area (Å²) in [5, 5.41) is 9.25. The van der Waals surface area contributed by atoms with E-state index in [4.69, 9.17) is 14.2 Å². The van der Waals surface area contributed by atoms with Crippen LogP contribution in [0.15, 0.2) is 23.8 Å². The quantitative estimate of drug-likeness (QED) is 0.554. The monoisotopic (exact) mass is 279 g/mol. The Balaban J connectivity index is 3.43. The Hall–Kier alpha value is -2.13. The molecule has 1 aliphatic carbocycles. The van der Waals surface area contributed by atoms with E-state index in [1.165, 1.54) is 19.3 Å². The van der Waals surface area contributed by atoms with E-state index in [9.17, 15) is 14.9 Å². The molecule has 108 valence electrons. The van der Waals surface area contributed by atoms with Crippen LogP contribution in [0.25, 0.3) is 0 Å². The Labute approximate surface area is 117 Å². The van der Waals surface area contributed by atoms with Crippen LogP contribution in [-0.4, -0.2) is 38.4 Å². The number of rotatable bonds is 5. The SMILES string of the molecule is CCOC(=O)C1(C(=O)OCC)C(C#N)=CC=CC1OC. The van der Waals surface area contributed by atoms with Crippen LogP contribution in [0.2, 0.25) is 0 Å². The van der Waals surface area contributed by atoms with Crippen LogP contribution in [-0.2, 0) is 23.8 Å². The Morgan fingerprint density at radius 2 is 1.85 bits per heavy atom. The first-order valence-corrected chi connectivity index (χ1v) is 6.25. The summed E-state index contributed by atoms with van der Waals surface area (Å²) in [5.74, 6) is -1.69. The van der Waals surface area contributed by atoms with Gasteiger partial charge in [-0.05, 0) is 19.9 Å². The number of allylic oxidation sites excluding steroid dienone is 2. The van der Waals surface area contributed by atoms with Gasteiger partial charge in [0.05, 0.1) is 24.9 Å². The van der Waals surface area contributed by atoms with Gasteiger partial charge in [0.2, 0.25) is 5.41 Å². The molecule has 0 aromatic carbocycles. The van der Waals surface area contributed by atoms with Crippen LogP contribution < -0.4 is 0 Å².